The van der Waals surface area contributed by atoms with Crippen LogP contribution < -0.4 is 20.1 Å². The molecule has 0 radical (unpaired) electrons. The molecule has 1 aliphatic rings. The first-order chi connectivity index (χ1) is 16.3. The van der Waals surface area contributed by atoms with Gasteiger partial charge in [-0.05, 0) is 43.2 Å². The zero-order valence-electron chi connectivity index (χ0n) is 18.2. The molecule has 0 saturated heterocycles. The number of benzene rings is 2. The zero-order valence-corrected chi connectivity index (χ0v) is 18.9. The molecule has 2 aromatic carbocycles. The van der Waals surface area contributed by atoms with Crippen molar-refractivity contribution in [3.8, 4) is 17.2 Å². The van der Waals surface area contributed by atoms with Gasteiger partial charge in [0.25, 0.3) is 5.91 Å². The first-order valence-corrected chi connectivity index (χ1v) is 10.7. The Bertz CT molecular complexity index is 1100. The number of nitrogens with zero attached hydrogens (tertiary/aromatic N) is 1. The van der Waals surface area contributed by atoms with Crippen LogP contribution in [-0.4, -0.2) is 42.6 Å². The number of amides is 3. The van der Waals surface area contributed by atoms with Gasteiger partial charge in [0.05, 0.1) is 17.6 Å². The van der Waals surface area contributed by atoms with Gasteiger partial charge in [0.1, 0.15) is 0 Å². The van der Waals surface area contributed by atoms with Crippen LogP contribution in [0.4, 0.5) is 10.5 Å². The monoisotopic (exact) mass is 491 g/mol. The Kier molecular flexibility index (Phi) is 8.25. The zero-order chi connectivity index (χ0) is 24.7. The highest BCUT2D eigenvalue weighted by molar-refractivity contribution is 6.30. The number of nitrogens with one attached hydrogen (secondary N) is 2. The van der Waals surface area contributed by atoms with Crippen molar-refractivity contribution in [1.82, 2.24) is 10.6 Å². The topological polar surface area (TPSA) is 146 Å². The number of rotatable bonds is 8. The van der Waals surface area contributed by atoms with Crippen molar-refractivity contribution >= 4 is 35.2 Å². The summed E-state index contributed by atoms with van der Waals surface area (Å²) in [5.41, 5.74) is -0.306. The lowest BCUT2D eigenvalue weighted by Crippen LogP contribution is -2.44. The number of esters is 1. The molecule has 0 aliphatic heterocycles. The van der Waals surface area contributed by atoms with Gasteiger partial charge in [0, 0.05) is 17.1 Å². The average molecular weight is 492 g/mol. The molecule has 0 unspecified atom stereocenters. The Labute approximate surface area is 199 Å². The minimum Gasteiger partial charge on any atom is -0.493 e. The Morgan fingerprint density at radius 2 is 1.79 bits per heavy atom. The average Bonchev–Trinajstić information content (AvgIpc) is 3.31. The molecule has 1 aliphatic carbocycles. The van der Waals surface area contributed by atoms with Crippen LogP contribution >= 0.6 is 11.6 Å². The normalized spacial score (nSPS) is 13.1. The minimum absolute atomic E-state index is 0.0397. The van der Waals surface area contributed by atoms with Gasteiger partial charge in [-0.15, -0.1) is 0 Å². The molecule has 3 amide bonds. The predicted octanol–water partition coefficient (Wildman–Crippen LogP) is 3.97. The van der Waals surface area contributed by atoms with Crippen LogP contribution in [0.25, 0.3) is 0 Å². The van der Waals surface area contributed by atoms with Crippen LogP contribution in [0.1, 0.15) is 36.0 Å². The van der Waals surface area contributed by atoms with E-state index in [0.717, 1.165) is 31.7 Å². The smallest absolute Gasteiger partial charge is 0.338 e. The van der Waals surface area contributed by atoms with Crippen molar-refractivity contribution in [2.75, 3.05) is 13.7 Å². The van der Waals surface area contributed by atoms with Crippen LogP contribution in [-0.2, 0) is 9.53 Å². The molecule has 0 atom stereocenters. The van der Waals surface area contributed by atoms with Gasteiger partial charge in [-0.25, -0.2) is 9.59 Å². The summed E-state index contributed by atoms with van der Waals surface area (Å²) in [4.78, 5) is 46.7. The molecule has 1 saturated carbocycles. The van der Waals surface area contributed by atoms with Gasteiger partial charge in [-0.1, -0.05) is 24.4 Å². The maximum atomic E-state index is 12.3. The van der Waals surface area contributed by atoms with E-state index in [1.807, 2.05) is 0 Å². The quantitative estimate of drug-likeness (QED) is 0.320. The van der Waals surface area contributed by atoms with Crippen LogP contribution in [0.15, 0.2) is 36.4 Å². The number of carbonyl (C=O) groups is 3. The van der Waals surface area contributed by atoms with E-state index >= 15 is 0 Å². The highest BCUT2D eigenvalue weighted by Crippen LogP contribution is 2.38. The van der Waals surface area contributed by atoms with E-state index in [-0.39, 0.29) is 39.6 Å². The number of methoxy groups -OCH3 is 1. The van der Waals surface area contributed by atoms with Crippen LogP contribution in [0, 0.1) is 10.1 Å². The second-order valence-electron chi connectivity index (χ2n) is 7.42. The number of hydrogen-bond donors (Lipinski definition) is 2. The van der Waals surface area contributed by atoms with E-state index in [0.29, 0.717) is 0 Å². The molecular weight excluding hydrogens is 470 g/mol. The fourth-order valence-electron chi connectivity index (χ4n) is 3.39. The maximum absolute atomic E-state index is 12.3. The molecule has 3 rings (SSSR count). The summed E-state index contributed by atoms with van der Waals surface area (Å²) in [6.07, 6.45) is 3.79. The lowest BCUT2D eigenvalue weighted by Gasteiger charge is -2.13. The van der Waals surface area contributed by atoms with E-state index in [4.69, 9.17) is 25.8 Å². The van der Waals surface area contributed by atoms with Gasteiger partial charge in [0.15, 0.2) is 18.1 Å². The van der Waals surface area contributed by atoms with Crippen molar-refractivity contribution in [3.05, 3.63) is 57.1 Å². The van der Waals surface area contributed by atoms with Crippen molar-refractivity contribution in [1.29, 1.82) is 0 Å². The third kappa shape index (κ3) is 6.58. The Hall–Kier alpha value is -3.86. The SMILES string of the molecule is COc1cc(C(=O)OCC(=O)NC(=O)NC2CCCC2)ccc1Oc1ccc(Cl)cc1[N+](=O)[O-]. The third-order valence-electron chi connectivity index (χ3n) is 5.01. The molecule has 2 aromatic rings. The number of halogens is 1. The lowest BCUT2D eigenvalue weighted by atomic mass is 10.2. The molecule has 1 fully saturated rings. The molecular formula is C22H22ClN3O8. The first kappa shape index (κ1) is 24.8. The predicted molar refractivity (Wildman–Crippen MR) is 120 cm³/mol. The van der Waals surface area contributed by atoms with Gasteiger partial charge >= 0.3 is 17.7 Å². The van der Waals surface area contributed by atoms with Gasteiger partial charge in [-0.3, -0.25) is 20.2 Å². The molecule has 0 bridgehead atoms. The number of urea groups is 1. The number of imide groups is 1. The summed E-state index contributed by atoms with van der Waals surface area (Å²) in [5.74, 6) is -1.49. The molecule has 0 heterocycles. The number of carbonyl (C=O) groups excluding carboxylic acids is 3. The van der Waals surface area contributed by atoms with E-state index in [2.05, 4.69) is 10.6 Å². The minimum atomic E-state index is -0.839. The summed E-state index contributed by atoms with van der Waals surface area (Å²) in [6, 6.07) is 7.32. The van der Waals surface area contributed by atoms with Gasteiger partial charge in [-0.2, -0.15) is 0 Å². The van der Waals surface area contributed by atoms with E-state index in [1.54, 1.807) is 0 Å². The Morgan fingerprint density at radius 3 is 2.47 bits per heavy atom. The van der Waals surface area contributed by atoms with Crippen LogP contribution in [0.3, 0.4) is 0 Å². The summed E-state index contributed by atoms with van der Waals surface area (Å²) < 4.78 is 15.8. The Morgan fingerprint density at radius 1 is 1.09 bits per heavy atom. The number of nitro groups is 1. The third-order valence-corrected chi connectivity index (χ3v) is 5.25. The standard InChI is InChI=1S/C22H22ClN3O8/c1-32-19-10-13(6-8-18(19)34-17-9-7-14(23)11-16(17)26(30)31)21(28)33-12-20(27)25-22(29)24-15-4-2-3-5-15/h6-11,15H,2-5,12H2,1H3,(H2,24,25,27,29). The fourth-order valence-corrected chi connectivity index (χ4v) is 3.55. The first-order valence-electron chi connectivity index (χ1n) is 10.3. The summed E-state index contributed by atoms with van der Waals surface area (Å²) in [7, 11) is 1.32. The van der Waals surface area contributed by atoms with E-state index in [1.165, 1.54) is 37.4 Å². The van der Waals surface area contributed by atoms with Crippen molar-refractivity contribution in [2.24, 2.45) is 0 Å². The van der Waals surface area contributed by atoms with E-state index in [9.17, 15) is 24.5 Å². The van der Waals surface area contributed by atoms with Crippen LogP contribution in [0.2, 0.25) is 5.02 Å². The molecule has 0 aromatic heterocycles. The molecule has 12 heteroatoms. The van der Waals surface area contributed by atoms with Crippen molar-refractivity contribution in [3.63, 3.8) is 0 Å². The summed E-state index contributed by atoms with van der Waals surface area (Å²) in [6.45, 7) is -0.658. The lowest BCUT2D eigenvalue weighted by molar-refractivity contribution is -0.385. The molecule has 34 heavy (non-hydrogen) atoms. The summed E-state index contributed by atoms with van der Waals surface area (Å²) >= 11 is 5.81. The number of nitro benzene ring substituents is 1. The number of hydrogen-bond acceptors (Lipinski definition) is 8. The fraction of sp³-hybridized carbons (Fsp3) is 0.318. The number of ether oxygens (including phenoxy) is 3. The Balaban J connectivity index is 1.60. The van der Waals surface area contributed by atoms with Gasteiger partial charge in [0.2, 0.25) is 5.75 Å². The van der Waals surface area contributed by atoms with Crippen LogP contribution in [0.5, 0.6) is 17.2 Å². The second kappa shape index (κ2) is 11.3. The highest BCUT2D eigenvalue weighted by Gasteiger charge is 2.21. The molecule has 2 N–H and O–H groups in total. The highest BCUT2D eigenvalue weighted by atomic mass is 35.5. The second-order valence-corrected chi connectivity index (χ2v) is 7.85. The summed E-state index contributed by atoms with van der Waals surface area (Å²) in [5, 5.41) is 16.2. The molecule has 180 valence electrons. The largest absolute Gasteiger partial charge is 0.493 e. The van der Waals surface area contributed by atoms with E-state index < -0.39 is 29.4 Å². The van der Waals surface area contributed by atoms with Gasteiger partial charge < -0.3 is 19.5 Å². The van der Waals surface area contributed by atoms with Crippen molar-refractivity contribution < 1.29 is 33.5 Å². The maximum Gasteiger partial charge on any atom is 0.338 e. The molecule has 11 nitrogen and oxygen atoms in total. The van der Waals surface area contributed by atoms with Crippen molar-refractivity contribution in [2.45, 2.75) is 31.7 Å². The molecule has 0 spiro atoms.